The van der Waals surface area contributed by atoms with E-state index in [9.17, 15) is 9.59 Å². The highest BCUT2D eigenvalue weighted by molar-refractivity contribution is 5.98. The molecule has 1 N–H and O–H groups in total. The topological polar surface area (TPSA) is 67.9 Å². The zero-order chi connectivity index (χ0) is 21.9. The predicted molar refractivity (Wildman–Crippen MR) is 123 cm³/mol. The first-order chi connectivity index (χ1) is 15.2. The molecule has 0 radical (unpaired) electrons. The van der Waals surface area contributed by atoms with Crippen LogP contribution in [-0.4, -0.2) is 45.3 Å². The van der Waals surface area contributed by atoms with Crippen molar-refractivity contribution in [2.75, 3.05) is 38.4 Å². The molecule has 0 unspecified atom stereocenters. The molecule has 0 spiro atoms. The summed E-state index contributed by atoms with van der Waals surface area (Å²) in [4.78, 5) is 27.0. The summed E-state index contributed by atoms with van der Waals surface area (Å²) < 4.78 is 10.4. The normalized spacial score (nSPS) is 13.5. The standard InChI is InChI=1S/C25H30N2O4/c1-30-16-6-17-31-18-15-26-24(28)13-14-25(29)27-19-22-9-3-2-7-20(22)11-12-21-8-4-5-10-23(21)27/h2-5,7-12H,6,13-19H2,1H3,(H,26,28)/b12-11-. The lowest BCUT2D eigenvalue weighted by Crippen LogP contribution is -2.33. The van der Waals surface area contributed by atoms with Crippen LogP contribution in [0.15, 0.2) is 48.5 Å². The van der Waals surface area contributed by atoms with Crippen molar-refractivity contribution in [1.82, 2.24) is 5.32 Å². The number of amides is 2. The van der Waals surface area contributed by atoms with Crippen molar-refractivity contribution in [2.24, 2.45) is 0 Å². The van der Waals surface area contributed by atoms with Crippen LogP contribution in [0.5, 0.6) is 0 Å². The number of carbonyl (C=O) groups excluding carboxylic acids is 2. The minimum Gasteiger partial charge on any atom is -0.385 e. The van der Waals surface area contributed by atoms with Crippen molar-refractivity contribution >= 4 is 29.7 Å². The first-order valence-electron chi connectivity index (χ1n) is 10.7. The van der Waals surface area contributed by atoms with Crippen molar-refractivity contribution in [3.8, 4) is 0 Å². The lowest BCUT2D eigenvalue weighted by molar-refractivity contribution is -0.125. The van der Waals surface area contributed by atoms with Crippen LogP contribution >= 0.6 is 0 Å². The van der Waals surface area contributed by atoms with Crippen molar-refractivity contribution in [3.05, 3.63) is 65.2 Å². The lowest BCUT2D eigenvalue weighted by Gasteiger charge is -2.27. The average molecular weight is 423 g/mol. The van der Waals surface area contributed by atoms with Gasteiger partial charge in [0.2, 0.25) is 11.8 Å². The van der Waals surface area contributed by atoms with Gasteiger partial charge in [0.25, 0.3) is 0 Å². The number of nitrogens with zero attached hydrogens (tertiary/aromatic N) is 1. The predicted octanol–water partition coefficient (Wildman–Crippen LogP) is 3.65. The molecule has 0 saturated carbocycles. The molecule has 3 rings (SSSR count). The van der Waals surface area contributed by atoms with Crippen LogP contribution in [0.2, 0.25) is 0 Å². The Hall–Kier alpha value is -2.96. The fourth-order valence-corrected chi connectivity index (χ4v) is 3.49. The van der Waals surface area contributed by atoms with E-state index in [0.717, 1.165) is 28.8 Å². The Balaban J connectivity index is 1.56. The van der Waals surface area contributed by atoms with E-state index in [2.05, 4.69) is 11.4 Å². The molecule has 0 aromatic heterocycles. The molecule has 1 aliphatic rings. The van der Waals surface area contributed by atoms with Crippen molar-refractivity contribution in [2.45, 2.75) is 25.8 Å². The van der Waals surface area contributed by atoms with Gasteiger partial charge in [0.15, 0.2) is 0 Å². The van der Waals surface area contributed by atoms with E-state index in [4.69, 9.17) is 9.47 Å². The number of rotatable bonds is 10. The third kappa shape index (κ3) is 6.77. The Bertz CT molecular complexity index is 910. The molecule has 0 aliphatic carbocycles. The van der Waals surface area contributed by atoms with Crippen LogP contribution in [0.1, 0.15) is 36.0 Å². The second-order valence-electron chi connectivity index (χ2n) is 7.38. The van der Waals surface area contributed by atoms with Gasteiger partial charge in [-0.25, -0.2) is 0 Å². The lowest BCUT2D eigenvalue weighted by atomic mass is 10.0. The number of ether oxygens (including phenoxy) is 2. The maximum absolute atomic E-state index is 13.1. The maximum atomic E-state index is 13.1. The minimum atomic E-state index is -0.144. The van der Waals surface area contributed by atoms with Gasteiger partial charge in [-0.3, -0.25) is 9.59 Å². The molecule has 0 saturated heterocycles. The van der Waals surface area contributed by atoms with Crippen LogP contribution in [0.3, 0.4) is 0 Å². The van der Waals surface area contributed by atoms with Crippen LogP contribution in [-0.2, 0) is 25.6 Å². The number of carbonyl (C=O) groups is 2. The summed E-state index contributed by atoms with van der Waals surface area (Å²) >= 11 is 0. The number of methoxy groups -OCH3 is 1. The largest absolute Gasteiger partial charge is 0.385 e. The first kappa shape index (κ1) is 22.7. The zero-order valence-electron chi connectivity index (χ0n) is 18.0. The molecule has 1 heterocycles. The highest BCUT2D eigenvalue weighted by Crippen LogP contribution is 2.29. The van der Waals surface area contributed by atoms with E-state index in [1.807, 2.05) is 54.6 Å². The molecule has 0 bridgehead atoms. The summed E-state index contributed by atoms with van der Waals surface area (Å²) in [6, 6.07) is 15.9. The van der Waals surface area contributed by atoms with Crippen LogP contribution in [0.25, 0.3) is 12.2 Å². The summed E-state index contributed by atoms with van der Waals surface area (Å²) in [7, 11) is 1.66. The Morgan fingerprint density at radius 1 is 0.935 bits per heavy atom. The van der Waals surface area contributed by atoms with Gasteiger partial charge in [0.1, 0.15) is 0 Å². The molecular weight excluding hydrogens is 392 g/mol. The average Bonchev–Trinajstić information content (AvgIpc) is 2.78. The molecular formula is C25H30N2O4. The van der Waals surface area contributed by atoms with E-state index >= 15 is 0 Å². The number of anilines is 1. The van der Waals surface area contributed by atoms with Gasteiger partial charge < -0.3 is 19.7 Å². The Morgan fingerprint density at radius 2 is 1.68 bits per heavy atom. The summed E-state index contributed by atoms with van der Waals surface area (Å²) in [6.07, 6.45) is 5.25. The Labute approximate surface area is 183 Å². The van der Waals surface area contributed by atoms with Gasteiger partial charge in [-0.2, -0.15) is 0 Å². The number of fused-ring (bicyclic) bond motifs is 2. The second-order valence-corrected chi connectivity index (χ2v) is 7.38. The molecule has 164 valence electrons. The van der Waals surface area contributed by atoms with Gasteiger partial charge in [0, 0.05) is 39.7 Å². The summed E-state index contributed by atoms with van der Waals surface area (Å²) in [5.74, 6) is -0.210. The highest BCUT2D eigenvalue weighted by atomic mass is 16.5. The third-order valence-electron chi connectivity index (χ3n) is 5.13. The van der Waals surface area contributed by atoms with E-state index in [0.29, 0.717) is 32.9 Å². The molecule has 0 atom stereocenters. The van der Waals surface area contributed by atoms with Crippen molar-refractivity contribution in [1.29, 1.82) is 0 Å². The van der Waals surface area contributed by atoms with Gasteiger partial charge in [-0.05, 0) is 29.2 Å². The molecule has 6 nitrogen and oxygen atoms in total. The van der Waals surface area contributed by atoms with E-state index in [1.165, 1.54) is 0 Å². The molecule has 2 amide bonds. The molecule has 6 heteroatoms. The van der Waals surface area contributed by atoms with Gasteiger partial charge in [-0.15, -0.1) is 0 Å². The number of para-hydroxylation sites is 1. The maximum Gasteiger partial charge on any atom is 0.227 e. The fraction of sp³-hybridized carbons (Fsp3) is 0.360. The van der Waals surface area contributed by atoms with E-state index < -0.39 is 0 Å². The van der Waals surface area contributed by atoms with Crippen LogP contribution in [0.4, 0.5) is 5.69 Å². The smallest absolute Gasteiger partial charge is 0.227 e. The summed E-state index contributed by atoms with van der Waals surface area (Å²) in [5.41, 5.74) is 4.03. The van der Waals surface area contributed by atoms with Crippen molar-refractivity contribution in [3.63, 3.8) is 0 Å². The van der Waals surface area contributed by atoms with Gasteiger partial charge in [0.05, 0.1) is 18.8 Å². The number of benzene rings is 2. The molecule has 2 aromatic rings. The third-order valence-corrected chi connectivity index (χ3v) is 5.13. The summed E-state index contributed by atoms with van der Waals surface area (Å²) in [5, 5.41) is 2.81. The van der Waals surface area contributed by atoms with Gasteiger partial charge in [-0.1, -0.05) is 54.6 Å². The SMILES string of the molecule is COCCCOCCNC(=O)CCC(=O)N1Cc2ccccc2/C=C\c2ccccc21. The monoisotopic (exact) mass is 422 g/mol. The molecule has 31 heavy (non-hydrogen) atoms. The van der Waals surface area contributed by atoms with E-state index in [-0.39, 0.29) is 24.7 Å². The van der Waals surface area contributed by atoms with E-state index in [1.54, 1.807) is 12.0 Å². The number of hydrogen-bond acceptors (Lipinski definition) is 4. The number of hydrogen-bond donors (Lipinski definition) is 1. The van der Waals surface area contributed by atoms with Crippen LogP contribution in [0, 0.1) is 0 Å². The quantitative estimate of drug-likeness (QED) is 0.594. The molecule has 0 fully saturated rings. The minimum absolute atomic E-state index is 0.0662. The van der Waals surface area contributed by atoms with Crippen LogP contribution < -0.4 is 10.2 Å². The Kier molecular flexibility index (Phi) is 8.82. The number of nitrogens with one attached hydrogen (secondary N) is 1. The van der Waals surface area contributed by atoms with Crippen molar-refractivity contribution < 1.29 is 19.1 Å². The molecule has 1 aliphatic heterocycles. The summed E-state index contributed by atoms with van der Waals surface area (Å²) in [6.45, 7) is 2.63. The molecule has 2 aromatic carbocycles. The second kappa shape index (κ2) is 12.0. The highest BCUT2D eigenvalue weighted by Gasteiger charge is 2.21. The first-order valence-corrected chi connectivity index (χ1v) is 10.7. The fourth-order valence-electron chi connectivity index (χ4n) is 3.49. The zero-order valence-corrected chi connectivity index (χ0v) is 18.0. The Morgan fingerprint density at radius 3 is 2.52 bits per heavy atom. The van der Waals surface area contributed by atoms with Gasteiger partial charge >= 0.3 is 0 Å².